The van der Waals surface area contributed by atoms with Gasteiger partial charge in [0.25, 0.3) is 0 Å². The lowest BCUT2D eigenvalue weighted by atomic mass is 9.94. The molecule has 2 amide bonds. The molecule has 2 heterocycles. The molecule has 2 unspecified atom stereocenters. The number of hydrazine groups is 1. The molecule has 3 rings (SSSR count). The molecule has 0 bridgehead atoms. The van der Waals surface area contributed by atoms with Gasteiger partial charge < -0.3 is 10.2 Å². The van der Waals surface area contributed by atoms with E-state index in [1.807, 2.05) is 5.32 Å². The smallest absolute Gasteiger partial charge is 0.347 e. The number of hydrogen-bond acceptors (Lipinski definition) is 4. The van der Waals surface area contributed by atoms with Gasteiger partial charge in [-0.15, -0.1) is 0 Å². The Balaban J connectivity index is 1.46. The first-order valence-corrected chi connectivity index (χ1v) is 9.13. The van der Waals surface area contributed by atoms with Crippen LogP contribution in [0.3, 0.4) is 0 Å². The Morgan fingerprint density at radius 3 is 2.36 bits per heavy atom. The highest BCUT2D eigenvalue weighted by Gasteiger charge is 2.36. The molecule has 154 valence electrons. The van der Waals surface area contributed by atoms with Crippen molar-refractivity contribution >= 4 is 11.8 Å². The van der Waals surface area contributed by atoms with Crippen LogP contribution in [0.2, 0.25) is 0 Å². The van der Waals surface area contributed by atoms with Gasteiger partial charge in [-0.05, 0) is 37.0 Å². The third-order valence-corrected chi connectivity index (χ3v) is 5.11. The molecule has 1 aromatic rings. The molecule has 0 radical (unpaired) electrons. The zero-order chi connectivity index (χ0) is 20.3. The van der Waals surface area contributed by atoms with Crippen LogP contribution in [0.25, 0.3) is 0 Å². The van der Waals surface area contributed by atoms with Crippen LogP contribution in [0, 0.1) is 11.7 Å². The standard InChI is InChI=1S/C18H22F4N4O2/c19-13-3-1-11(2-4-13)14-9-15(25-24-14)17(28)26-7-5-12(6-8-26)16(27)23-10-18(20,21)22/h1-4,12,14-15,24-25H,5-10H2,(H,23,27). The van der Waals surface area contributed by atoms with E-state index in [9.17, 15) is 27.2 Å². The molecular weight excluding hydrogens is 380 g/mol. The minimum Gasteiger partial charge on any atom is -0.347 e. The minimum absolute atomic E-state index is 0.119. The van der Waals surface area contributed by atoms with Gasteiger partial charge in [0.2, 0.25) is 11.8 Å². The number of piperidine rings is 1. The van der Waals surface area contributed by atoms with Gasteiger partial charge in [-0.3, -0.25) is 9.59 Å². The summed E-state index contributed by atoms with van der Waals surface area (Å²) in [5, 5.41) is 1.90. The molecule has 2 fully saturated rings. The summed E-state index contributed by atoms with van der Waals surface area (Å²) in [4.78, 5) is 26.1. The topological polar surface area (TPSA) is 73.5 Å². The number of amides is 2. The van der Waals surface area contributed by atoms with Crippen molar-refractivity contribution in [2.45, 2.75) is 37.5 Å². The van der Waals surface area contributed by atoms with Crippen LogP contribution in [0.5, 0.6) is 0 Å². The summed E-state index contributed by atoms with van der Waals surface area (Å²) >= 11 is 0. The quantitative estimate of drug-likeness (QED) is 0.670. The lowest BCUT2D eigenvalue weighted by Crippen LogP contribution is -2.50. The van der Waals surface area contributed by atoms with E-state index >= 15 is 0 Å². The van der Waals surface area contributed by atoms with Gasteiger partial charge in [0.15, 0.2) is 0 Å². The molecule has 0 aliphatic carbocycles. The second-order valence-electron chi connectivity index (χ2n) is 7.11. The molecule has 1 aromatic carbocycles. The van der Waals surface area contributed by atoms with Crippen LogP contribution < -0.4 is 16.2 Å². The zero-order valence-electron chi connectivity index (χ0n) is 15.1. The largest absolute Gasteiger partial charge is 0.405 e. The molecule has 2 saturated heterocycles. The molecule has 0 spiro atoms. The number of rotatable bonds is 4. The number of nitrogens with zero attached hydrogens (tertiary/aromatic N) is 1. The summed E-state index contributed by atoms with van der Waals surface area (Å²) < 4.78 is 49.6. The van der Waals surface area contributed by atoms with Gasteiger partial charge in [0.1, 0.15) is 18.4 Å². The zero-order valence-corrected chi connectivity index (χ0v) is 15.1. The van der Waals surface area contributed by atoms with E-state index in [1.165, 1.54) is 12.1 Å². The van der Waals surface area contributed by atoms with Crippen molar-refractivity contribution < 1.29 is 27.2 Å². The van der Waals surface area contributed by atoms with E-state index in [4.69, 9.17) is 0 Å². The molecule has 10 heteroatoms. The lowest BCUT2D eigenvalue weighted by Gasteiger charge is -2.32. The normalized spacial score (nSPS) is 23.6. The molecule has 2 aliphatic heterocycles. The summed E-state index contributed by atoms with van der Waals surface area (Å²) in [7, 11) is 0. The van der Waals surface area contributed by atoms with E-state index < -0.39 is 30.6 Å². The summed E-state index contributed by atoms with van der Waals surface area (Å²) in [6.45, 7) is -0.696. The van der Waals surface area contributed by atoms with Crippen LogP contribution in [0.4, 0.5) is 17.6 Å². The highest BCUT2D eigenvalue weighted by atomic mass is 19.4. The van der Waals surface area contributed by atoms with Gasteiger partial charge in [0.05, 0.1) is 0 Å². The van der Waals surface area contributed by atoms with Crippen molar-refractivity contribution in [3.05, 3.63) is 35.6 Å². The van der Waals surface area contributed by atoms with E-state index in [0.717, 1.165) is 5.56 Å². The number of benzene rings is 1. The van der Waals surface area contributed by atoms with E-state index in [1.54, 1.807) is 17.0 Å². The third kappa shape index (κ3) is 5.20. The Bertz CT molecular complexity index is 703. The molecule has 6 nitrogen and oxygen atoms in total. The van der Waals surface area contributed by atoms with E-state index in [0.29, 0.717) is 32.4 Å². The average molecular weight is 402 g/mol. The van der Waals surface area contributed by atoms with Crippen molar-refractivity contribution in [2.24, 2.45) is 5.92 Å². The maximum Gasteiger partial charge on any atom is 0.405 e. The monoisotopic (exact) mass is 402 g/mol. The predicted molar refractivity (Wildman–Crippen MR) is 92.2 cm³/mol. The van der Waals surface area contributed by atoms with Crippen LogP contribution >= 0.6 is 0 Å². The second kappa shape index (κ2) is 8.44. The summed E-state index contributed by atoms with van der Waals surface area (Å²) in [6, 6.07) is 5.46. The number of likely N-dealkylation sites (tertiary alicyclic amines) is 1. The number of alkyl halides is 3. The summed E-state index contributed by atoms with van der Waals surface area (Å²) in [5.74, 6) is -1.59. The molecule has 2 atom stereocenters. The molecule has 28 heavy (non-hydrogen) atoms. The number of halogens is 4. The Labute approximate surface area is 159 Å². The molecular formula is C18H22F4N4O2. The summed E-state index contributed by atoms with van der Waals surface area (Å²) in [6.07, 6.45) is -3.28. The fourth-order valence-electron chi connectivity index (χ4n) is 3.55. The molecule has 2 aliphatic rings. The van der Waals surface area contributed by atoms with Gasteiger partial charge in [-0.1, -0.05) is 12.1 Å². The molecule has 0 saturated carbocycles. The van der Waals surface area contributed by atoms with Gasteiger partial charge in [0, 0.05) is 25.0 Å². The van der Waals surface area contributed by atoms with Gasteiger partial charge >= 0.3 is 6.18 Å². The van der Waals surface area contributed by atoms with Crippen molar-refractivity contribution in [1.29, 1.82) is 0 Å². The predicted octanol–water partition coefficient (Wildman–Crippen LogP) is 1.65. The fraction of sp³-hybridized carbons (Fsp3) is 0.556. The maximum absolute atomic E-state index is 13.0. The molecule has 3 N–H and O–H groups in total. The fourth-order valence-corrected chi connectivity index (χ4v) is 3.55. The summed E-state index contributed by atoms with van der Waals surface area (Å²) in [5.41, 5.74) is 6.84. The van der Waals surface area contributed by atoms with Gasteiger partial charge in [-0.25, -0.2) is 15.2 Å². The van der Waals surface area contributed by atoms with Crippen LogP contribution in [-0.4, -0.2) is 48.6 Å². The van der Waals surface area contributed by atoms with E-state index in [2.05, 4.69) is 10.9 Å². The van der Waals surface area contributed by atoms with Crippen LogP contribution in [0.15, 0.2) is 24.3 Å². The lowest BCUT2D eigenvalue weighted by molar-refractivity contribution is -0.143. The minimum atomic E-state index is -4.44. The first kappa shape index (κ1) is 20.5. The van der Waals surface area contributed by atoms with Crippen molar-refractivity contribution in [3.8, 4) is 0 Å². The maximum atomic E-state index is 13.0. The SMILES string of the molecule is O=C(NCC(F)(F)F)C1CCN(C(=O)C2CC(c3ccc(F)cc3)NN2)CC1. The van der Waals surface area contributed by atoms with Crippen LogP contribution in [0.1, 0.15) is 30.9 Å². The second-order valence-corrected chi connectivity index (χ2v) is 7.11. The first-order valence-electron chi connectivity index (χ1n) is 9.13. The van der Waals surface area contributed by atoms with Crippen molar-refractivity contribution in [3.63, 3.8) is 0 Å². The first-order chi connectivity index (χ1) is 13.2. The Hall–Kier alpha value is -2.20. The average Bonchev–Trinajstić information content (AvgIpc) is 3.16. The van der Waals surface area contributed by atoms with Gasteiger partial charge in [-0.2, -0.15) is 13.2 Å². The Morgan fingerprint density at radius 1 is 1.11 bits per heavy atom. The number of nitrogens with one attached hydrogen (secondary N) is 3. The van der Waals surface area contributed by atoms with Crippen molar-refractivity contribution in [2.75, 3.05) is 19.6 Å². The number of hydrogen-bond donors (Lipinski definition) is 3. The van der Waals surface area contributed by atoms with Crippen LogP contribution in [-0.2, 0) is 9.59 Å². The molecule has 0 aromatic heterocycles. The third-order valence-electron chi connectivity index (χ3n) is 5.11. The Morgan fingerprint density at radius 2 is 1.75 bits per heavy atom. The highest BCUT2D eigenvalue weighted by molar-refractivity contribution is 5.83. The number of carbonyl (C=O) groups is 2. The highest BCUT2D eigenvalue weighted by Crippen LogP contribution is 2.25. The van der Waals surface area contributed by atoms with Crippen molar-refractivity contribution in [1.82, 2.24) is 21.1 Å². The number of carbonyl (C=O) groups excluding carboxylic acids is 2. The van der Waals surface area contributed by atoms with E-state index in [-0.39, 0.29) is 17.8 Å². The Kier molecular flexibility index (Phi) is 6.19.